The second-order valence-electron chi connectivity index (χ2n) is 5.42. The van der Waals surface area contributed by atoms with E-state index in [4.69, 9.17) is 9.84 Å². The molecule has 112 valence electrons. The van der Waals surface area contributed by atoms with Crippen LogP contribution < -0.4 is 5.32 Å². The fourth-order valence-corrected chi connectivity index (χ4v) is 1.70. The van der Waals surface area contributed by atoms with Gasteiger partial charge in [-0.3, -0.25) is 5.32 Å². The van der Waals surface area contributed by atoms with Crippen LogP contribution in [0.25, 0.3) is 0 Å². The molecule has 1 aromatic rings. The maximum atomic E-state index is 11.0. The van der Waals surface area contributed by atoms with Crippen LogP contribution in [0.5, 0.6) is 0 Å². The van der Waals surface area contributed by atoms with E-state index in [1.807, 2.05) is 0 Å². The molecule has 1 aromatic carbocycles. The number of carboxylic acids is 1. The number of carboxylic acid groups (broad SMARTS) is 1. The normalized spacial score (nSPS) is 16.4. The molecule has 0 aromatic heterocycles. The topological polar surface area (TPSA) is 99.0 Å². The number of benzene rings is 1. The SMILES string of the molecule is CC(C)(C)OC(O)NC(c1ccccc1)C(O)C(=O)O. The average molecular weight is 283 g/mol. The Morgan fingerprint density at radius 1 is 1.20 bits per heavy atom. The molecular weight excluding hydrogens is 262 g/mol. The largest absolute Gasteiger partial charge is 0.479 e. The number of aliphatic carboxylic acids is 1. The molecule has 0 saturated heterocycles. The minimum atomic E-state index is -1.70. The molecule has 0 fully saturated rings. The highest BCUT2D eigenvalue weighted by Crippen LogP contribution is 2.19. The monoisotopic (exact) mass is 283 g/mol. The van der Waals surface area contributed by atoms with Gasteiger partial charge < -0.3 is 20.1 Å². The predicted octanol–water partition coefficient (Wildman–Crippen LogP) is 0.854. The van der Waals surface area contributed by atoms with E-state index in [0.29, 0.717) is 5.56 Å². The maximum Gasteiger partial charge on any atom is 0.334 e. The summed E-state index contributed by atoms with van der Waals surface area (Å²) < 4.78 is 5.26. The summed E-state index contributed by atoms with van der Waals surface area (Å²) >= 11 is 0. The van der Waals surface area contributed by atoms with Crippen LogP contribution in [0.2, 0.25) is 0 Å². The molecule has 0 heterocycles. The van der Waals surface area contributed by atoms with Gasteiger partial charge in [0.15, 0.2) is 6.10 Å². The first-order valence-corrected chi connectivity index (χ1v) is 6.28. The highest BCUT2D eigenvalue weighted by molar-refractivity contribution is 5.73. The molecule has 0 bridgehead atoms. The van der Waals surface area contributed by atoms with Crippen LogP contribution in [0, 0.1) is 0 Å². The van der Waals surface area contributed by atoms with Crippen LogP contribution in [0.15, 0.2) is 30.3 Å². The molecule has 6 heteroatoms. The van der Waals surface area contributed by atoms with Gasteiger partial charge in [0.1, 0.15) is 0 Å². The van der Waals surface area contributed by atoms with Crippen molar-refractivity contribution in [2.75, 3.05) is 0 Å². The van der Waals surface area contributed by atoms with E-state index in [-0.39, 0.29) is 0 Å². The van der Waals surface area contributed by atoms with Crippen molar-refractivity contribution in [1.82, 2.24) is 5.32 Å². The molecular formula is C14H21NO5. The quantitative estimate of drug-likeness (QED) is 0.578. The van der Waals surface area contributed by atoms with Crippen molar-refractivity contribution in [3.8, 4) is 0 Å². The average Bonchev–Trinajstić information content (AvgIpc) is 2.34. The van der Waals surface area contributed by atoms with Crippen molar-refractivity contribution in [2.24, 2.45) is 0 Å². The lowest BCUT2D eigenvalue weighted by Crippen LogP contribution is -2.45. The second kappa shape index (κ2) is 6.81. The summed E-state index contributed by atoms with van der Waals surface area (Å²) in [5.41, 5.74) is -0.0686. The summed E-state index contributed by atoms with van der Waals surface area (Å²) in [4.78, 5) is 11.0. The van der Waals surface area contributed by atoms with Gasteiger partial charge in [-0.25, -0.2) is 4.79 Å². The number of carbonyl (C=O) groups is 1. The van der Waals surface area contributed by atoms with Crippen molar-refractivity contribution < 1.29 is 24.9 Å². The third-order valence-electron chi connectivity index (χ3n) is 2.51. The van der Waals surface area contributed by atoms with Gasteiger partial charge in [0.2, 0.25) is 6.41 Å². The maximum absolute atomic E-state index is 11.0. The van der Waals surface area contributed by atoms with Gasteiger partial charge in [0.25, 0.3) is 0 Å². The summed E-state index contributed by atoms with van der Waals surface area (Å²) in [7, 11) is 0. The number of ether oxygens (including phenoxy) is 1. The zero-order valence-corrected chi connectivity index (χ0v) is 11.8. The summed E-state index contributed by atoms with van der Waals surface area (Å²) in [6.07, 6.45) is -3.09. The molecule has 1 rings (SSSR count). The van der Waals surface area contributed by atoms with Crippen molar-refractivity contribution in [3.63, 3.8) is 0 Å². The van der Waals surface area contributed by atoms with E-state index in [0.717, 1.165) is 0 Å². The third-order valence-corrected chi connectivity index (χ3v) is 2.51. The molecule has 0 aliphatic heterocycles. The van der Waals surface area contributed by atoms with Crippen molar-refractivity contribution in [3.05, 3.63) is 35.9 Å². The van der Waals surface area contributed by atoms with Crippen molar-refractivity contribution in [1.29, 1.82) is 0 Å². The van der Waals surface area contributed by atoms with Crippen LogP contribution >= 0.6 is 0 Å². The highest BCUT2D eigenvalue weighted by Gasteiger charge is 2.30. The number of hydrogen-bond acceptors (Lipinski definition) is 5. The van der Waals surface area contributed by atoms with Gasteiger partial charge in [-0.1, -0.05) is 30.3 Å². The lowest BCUT2D eigenvalue weighted by Gasteiger charge is -2.29. The van der Waals surface area contributed by atoms with Gasteiger partial charge in [-0.05, 0) is 26.3 Å². The molecule has 0 radical (unpaired) electrons. The Morgan fingerprint density at radius 2 is 1.75 bits per heavy atom. The lowest BCUT2D eigenvalue weighted by atomic mass is 10.0. The van der Waals surface area contributed by atoms with Gasteiger partial charge >= 0.3 is 5.97 Å². The molecule has 3 unspecified atom stereocenters. The lowest BCUT2D eigenvalue weighted by molar-refractivity contribution is -0.191. The summed E-state index contributed by atoms with van der Waals surface area (Å²) in [6, 6.07) is 7.55. The Bertz CT molecular complexity index is 429. The molecule has 3 atom stereocenters. The first-order chi connectivity index (χ1) is 9.20. The standard InChI is InChI=1S/C14H21NO5/c1-14(2,3)20-13(19)15-10(11(16)12(17)18)9-7-5-4-6-8-9/h4-8,10-11,13,15-16,19H,1-3H3,(H,17,18). The Labute approximate surface area is 118 Å². The first-order valence-electron chi connectivity index (χ1n) is 6.28. The van der Waals surface area contributed by atoms with Crippen LogP contribution in [0.3, 0.4) is 0 Å². The van der Waals surface area contributed by atoms with Crippen LogP contribution in [0.4, 0.5) is 0 Å². The molecule has 6 nitrogen and oxygen atoms in total. The number of rotatable bonds is 6. The third kappa shape index (κ3) is 5.26. The van der Waals surface area contributed by atoms with Gasteiger partial charge in [0.05, 0.1) is 11.6 Å². The number of aliphatic hydroxyl groups excluding tert-OH is 2. The minimum Gasteiger partial charge on any atom is -0.479 e. The van der Waals surface area contributed by atoms with Gasteiger partial charge in [-0.2, -0.15) is 0 Å². The zero-order valence-electron chi connectivity index (χ0n) is 11.8. The van der Waals surface area contributed by atoms with E-state index < -0.39 is 30.1 Å². The van der Waals surface area contributed by atoms with Gasteiger partial charge in [0, 0.05) is 0 Å². The number of aliphatic hydroxyl groups is 2. The Balaban J connectivity index is 2.87. The van der Waals surface area contributed by atoms with Crippen molar-refractivity contribution >= 4 is 5.97 Å². The van der Waals surface area contributed by atoms with Crippen LogP contribution in [-0.4, -0.2) is 39.4 Å². The Morgan fingerprint density at radius 3 is 2.20 bits per heavy atom. The molecule has 4 N–H and O–H groups in total. The molecule has 0 aliphatic carbocycles. The van der Waals surface area contributed by atoms with E-state index in [2.05, 4.69) is 5.32 Å². The summed E-state index contributed by atoms with van der Waals surface area (Å²) in [6.45, 7) is 5.26. The second-order valence-corrected chi connectivity index (χ2v) is 5.42. The predicted molar refractivity (Wildman–Crippen MR) is 72.8 cm³/mol. The Kier molecular flexibility index (Phi) is 5.64. The van der Waals surface area contributed by atoms with E-state index in [1.165, 1.54) is 0 Å². The number of hydrogen-bond donors (Lipinski definition) is 4. The fourth-order valence-electron chi connectivity index (χ4n) is 1.70. The van der Waals surface area contributed by atoms with E-state index in [1.54, 1.807) is 51.1 Å². The number of nitrogens with one attached hydrogen (secondary N) is 1. The smallest absolute Gasteiger partial charge is 0.334 e. The fraction of sp³-hybridized carbons (Fsp3) is 0.500. The molecule has 0 spiro atoms. The van der Waals surface area contributed by atoms with E-state index in [9.17, 15) is 15.0 Å². The first kappa shape index (κ1) is 16.6. The summed E-state index contributed by atoms with van der Waals surface area (Å²) in [5.74, 6) is -1.38. The van der Waals surface area contributed by atoms with Gasteiger partial charge in [-0.15, -0.1) is 0 Å². The van der Waals surface area contributed by atoms with Crippen molar-refractivity contribution in [2.45, 2.75) is 44.9 Å². The molecule has 0 aliphatic rings. The molecule has 20 heavy (non-hydrogen) atoms. The zero-order chi connectivity index (χ0) is 15.3. The minimum absolute atomic E-state index is 0.541. The highest BCUT2D eigenvalue weighted by atomic mass is 16.6. The molecule has 0 amide bonds. The molecule has 0 saturated carbocycles. The van der Waals surface area contributed by atoms with Crippen LogP contribution in [0.1, 0.15) is 32.4 Å². The summed E-state index contributed by atoms with van der Waals surface area (Å²) in [5, 5.41) is 31.1. The van der Waals surface area contributed by atoms with E-state index >= 15 is 0 Å². The van der Waals surface area contributed by atoms with Crippen LogP contribution in [-0.2, 0) is 9.53 Å². The Hall–Kier alpha value is -1.47.